The summed E-state index contributed by atoms with van der Waals surface area (Å²) in [6.07, 6.45) is 0.168. The Kier molecular flexibility index (Phi) is 7.09. The maximum atomic E-state index is 12.3. The third-order valence-corrected chi connectivity index (χ3v) is 4.01. The van der Waals surface area contributed by atoms with Gasteiger partial charge < -0.3 is 10.6 Å². The molecule has 2 amide bonds. The van der Waals surface area contributed by atoms with E-state index in [0.717, 1.165) is 11.1 Å². The van der Waals surface area contributed by atoms with Crippen LogP contribution in [0, 0.1) is 0 Å². The first-order chi connectivity index (χ1) is 12.5. The van der Waals surface area contributed by atoms with Gasteiger partial charge in [-0.15, -0.1) is 0 Å². The molecule has 0 aliphatic carbocycles. The molecule has 2 aromatic rings. The minimum atomic E-state index is -0.609. The molecule has 136 valence electrons. The van der Waals surface area contributed by atoms with Gasteiger partial charge in [0.2, 0.25) is 11.8 Å². The van der Waals surface area contributed by atoms with Crippen molar-refractivity contribution in [3.8, 4) is 11.1 Å². The van der Waals surface area contributed by atoms with Crippen molar-refractivity contribution < 1.29 is 14.4 Å². The molecule has 0 heterocycles. The maximum absolute atomic E-state index is 12.3. The summed E-state index contributed by atoms with van der Waals surface area (Å²) in [6, 6.07) is 16.7. The molecule has 0 saturated carbocycles. The SMILES string of the molecule is CCNC(=O)[C@@H](C)NC(=O)CCC(=O)c1ccc(-c2ccccc2)cc1. The smallest absolute Gasteiger partial charge is 0.242 e. The van der Waals surface area contributed by atoms with Crippen molar-refractivity contribution in [2.24, 2.45) is 0 Å². The van der Waals surface area contributed by atoms with Crippen molar-refractivity contribution in [3.05, 3.63) is 60.2 Å². The van der Waals surface area contributed by atoms with Gasteiger partial charge in [-0.3, -0.25) is 14.4 Å². The largest absolute Gasteiger partial charge is 0.355 e. The van der Waals surface area contributed by atoms with Gasteiger partial charge >= 0.3 is 0 Å². The number of carbonyl (C=O) groups is 3. The summed E-state index contributed by atoms with van der Waals surface area (Å²) in [6.45, 7) is 3.94. The Hall–Kier alpha value is -2.95. The van der Waals surface area contributed by atoms with E-state index >= 15 is 0 Å². The maximum Gasteiger partial charge on any atom is 0.242 e. The first-order valence-corrected chi connectivity index (χ1v) is 8.77. The van der Waals surface area contributed by atoms with Crippen molar-refractivity contribution >= 4 is 17.6 Å². The molecule has 0 spiro atoms. The zero-order valence-corrected chi connectivity index (χ0v) is 15.1. The second-order valence-electron chi connectivity index (χ2n) is 6.05. The van der Waals surface area contributed by atoms with Crippen LogP contribution in [0.3, 0.4) is 0 Å². The van der Waals surface area contributed by atoms with E-state index in [1.54, 1.807) is 19.1 Å². The van der Waals surface area contributed by atoms with Gasteiger partial charge in [0.25, 0.3) is 0 Å². The molecule has 2 N–H and O–H groups in total. The average molecular weight is 352 g/mol. The fourth-order valence-electron chi connectivity index (χ4n) is 2.56. The predicted molar refractivity (Wildman–Crippen MR) is 102 cm³/mol. The van der Waals surface area contributed by atoms with Crippen LogP contribution in [-0.2, 0) is 9.59 Å². The van der Waals surface area contributed by atoms with Crippen LogP contribution >= 0.6 is 0 Å². The van der Waals surface area contributed by atoms with Crippen LogP contribution in [0.4, 0.5) is 0 Å². The van der Waals surface area contributed by atoms with Gasteiger partial charge in [0, 0.05) is 24.9 Å². The monoisotopic (exact) mass is 352 g/mol. The Bertz CT molecular complexity index is 755. The zero-order valence-electron chi connectivity index (χ0n) is 15.1. The van der Waals surface area contributed by atoms with E-state index in [1.807, 2.05) is 49.4 Å². The highest BCUT2D eigenvalue weighted by molar-refractivity contribution is 5.98. The summed E-state index contributed by atoms with van der Waals surface area (Å²) in [5.41, 5.74) is 2.70. The minimum Gasteiger partial charge on any atom is -0.355 e. The molecule has 0 radical (unpaired) electrons. The Morgan fingerprint density at radius 3 is 2.12 bits per heavy atom. The second kappa shape index (κ2) is 9.51. The minimum absolute atomic E-state index is 0.0585. The van der Waals surface area contributed by atoms with Crippen LogP contribution in [0.1, 0.15) is 37.0 Å². The van der Waals surface area contributed by atoms with Gasteiger partial charge in [-0.1, -0.05) is 54.6 Å². The van der Waals surface area contributed by atoms with Gasteiger partial charge in [0.15, 0.2) is 5.78 Å². The number of amides is 2. The highest BCUT2D eigenvalue weighted by atomic mass is 16.2. The van der Waals surface area contributed by atoms with Crippen molar-refractivity contribution in [2.75, 3.05) is 6.54 Å². The summed E-state index contributed by atoms with van der Waals surface area (Å²) in [5, 5.41) is 5.24. The molecule has 26 heavy (non-hydrogen) atoms. The molecule has 2 rings (SSSR count). The molecular formula is C21H24N2O3. The lowest BCUT2D eigenvalue weighted by atomic mass is 10.0. The highest BCUT2D eigenvalue weighted by Crippen LogP contribution is 2.19. The van der Waals surface area contributed by atoms with Gasteiger partial charge in [0.1, 0.15) is 6.04 Å². The lowest BCUT2D eigenvalue weighted by Gasteiger charge is -2.13. The summed E-state index contributed by atoms with van der Waals surface area (Å²) in [4.78, 5) is 35.7. The van der Waals surface area contributed by atoms with E-state index in [0.29, 0.717) is 12.1 Å². The summed E-state index contributed by atoms with van der Waals surface area (Å²) < 4.78 is 0. The fourth-order valence-corrected chi connectivity index (χ4v) is 2.56. The molecule has 5 nitrogen and oxygen atoms in total. The van der Waals surface area contributed by atoms with Crippen LogP contribution in [0.25, 0.3) is 11.1 Å². The number of rotatable bonds is 8. The number of hydrogen-bond acceptors (Lipinski definition) is 3. The molecule has 0 aliphatic rings. The fraction of sp³-hybridized carbons (Fsp3) is 0.286. The molecule has 0 unspecified atom stereocenters. The first kappa shape index (κ1) is 19.4. The number of nitrogens with one attached hydrogen (secondary N) is 2. The Morgan fingerprint density at radius 2 is 1.50 bits per heavy atom. The van der Waals surface area contributed by atoms with Crippen LogP contribution in [0.5, 0.6) is 0 Å². The van der Waals surface area contributed by atoms with Gasteiger partial charge in [-0.25, -0.2) is 0 Å². The predicted octanol–water partition coefficient (Wildman–Crippen LogP) is 2.96. The highest BCUT2D eigenvalue weighted by Gasteiger charge is 2.16. The third-order valence-electron chi connectivity index (χ3n) is 4.01. The normalized spacial score (nSPS) is 11.5. The molecule has 2 aromatic carbocycles. The Labute approximate surface area is 153 Å². The molecule has 0 aliphatic heterocycles. The van der Waals surface area contributed by atoms with E-state index in [-0.39, 0.29) is 30.4 Å². The van der Waals surface area contributed by atoms with E-state index in [1.165, 1.54) is 0 Å². The molecule has 0 fully saturated rings. The van der Waals surface area contributed by atoms with E-state index in [4.69, 9.17) is 0 Å². The number of ketones is 1. The molecule has 5 heteroatoms. The van der Waals surface area contributed by atoms with E-state index < -0.39 is 6.04 Å². The molecular weight excluding hydrogens is 328 g/mol. The van der Waals surface area contributed by atoms with Crippen molar-refractivity contribution in [3.63, 3.8) is 0 Å². The molecule has 1 atom stereocenters. The van der Waals surface area contributed by atoms with Gasteiger partial charge in [0.05, 0.1) is 0 Å². The molecule has 0 saturated heterocycles. The van der Waals surface area contributed by atoms with Crippen LogP contribution in [0.15, 0.2) is 54.6 Å². The summed E-state index contributed by atoms with van der Waals surface area (Å²) in [7, 11) is 0. The summed E-state index contributed by atoms with van der Waals surface area (Å²) in [5.74, 6) is -0.632. The van der Waals surface area contributed by atoms with Crippen LogP contribution in [0.2, 0.25) is 0 Å². The quantitative estimate of drug-likeness (QED) is 0.717. The number of likely N-dealkylation sites (N-methyl/N-ethyl adjacent to an activating group) is 1. The summed E-state index contributed by atoms with van der Waals surface area (Å²) >= 11 is 0. The van der Waals surface area contributed by atoms with Crippen LogP contribution < -0.4 is 10.6 Å². The average Bonchev–Trinajstić information content (AvgIpc) is 2.67. The molecule has 0 bridgehead atoms. The lowest BCUT2D eigenvalue weighted by Crippen LogP contribution is -2.44. The topological polar surface area (TPSA) is 75.3 Å². The van der Waals surface area contributed by atoms with Crippen molar-refractivity contribution in [2.45, 2.75) is 32.7 Å². The van der Waals surface area contributed by atoms with E-state index in [2.05, 4.69) is 10.6 Å². The van der Waals surface area contributed by atoms with Crippen LogP contribution in [-0.4, -0.2) is 30.2 Å². The first-order valence-electron chi connectivity index (χ1n) is 8.77. The van der Waals surface area contributed by atoms with E-state index in [9.17, 15) is 14.4 Å². The van der Waals surface area contributed by atoms with Gasteiger partial charge in [-0.05, 0) is 25.0 Å². The number of carbonyl (C=O) groups excluding carboxylic acids is 3. The zero-order chi connectivity index (χ0) is 18.9. The van der Waals surface area contributed by atoms with Crippen molar-refractivity contribution in [1.29, 1.82) is 0 Å². The second-order valence-corrected chi connectivity index (χ2v) is 6.05. The Morgan fingerprint density at radius 1 is 0.885 bits per heavy atom. The molecule has 0 aromatic heterocycles. The number of hydrogen-bond donors (Lipinski definition) is 2. The number of benzene rings is 2. The van der Waals surface area contributed by atoms with Gasteiger partial charge in [-0.2, -0.15) is 0 Å². The third kappa shape index (κ3) is 5.55. The Balaban J connectivity index is 1.86. The standard InChI is InChI=1S/C21H24N2O3/c1-3-22-21(26)15(2)23-20(25)14-13-19(24)18-11-9-17(10-12-18)16-7-5-4-6-8-16/h4-12,15H,3,13-14H2,1-2H3,(H,22,26)(H,23,25)/t15-/m1/s1. The van der Waals surface area contributed by atoms with Crippen molar-refractivity contribution in [1.82, 2.24) is 10.6 Å². The number of Topliss-reactive ketones (excluding diaryl/α,β-unsaturated/α-hetero) is 1. The lowest BCUT2D eigenvalue weighted by molar-refractivity contribution is -0.128.